The Morgan fingerprint density at radius 2 is 1.50 bits per heavy atom. The van der Waals surface area contributed by atoms with Crippen molar-refractivity contribution in [1.82, 2.24) is 6.15 Å². The molecular formula is H5LiNO3P. The summed E-state index contributed by atoms with van der Waals surface area (Å²) >= 11 is 0.854. The van der Waals surface area contributed by atoms with E-state index in [0.29, 0.717) is 0 Å². The molecule has 0 amide bonds. The van der Waals surface area contributed by atoms with Crippen LogP contribution in [0.3, 0.4) is 0 Å². The SMILES string of the molecule is N.[Li][P](=O)(O)O. The van der Waals surface area contributed by atoms with Crippen LogP contribution in [0, 0.1) is 0 Å². The fourth-order valence-corrected chi connectivity index (χ4v) is 0. The maximum absolute atomic E-state index is 9.33. The third-order valence-corrected chi connectivity index (χ3v) is 0. The predicted octanol–water partition coefficient (Wildman–Crippen LogP) is -0.590. The summed E-state index contributed by atoms with van der Waals surface area (Å²) in [7, 11) is 0. The van der Waals surface area contributed by atoms with E-state index in [1.807, 2.05) is 0 Å². The van der Waals surface area contributed by atoms with Gasteiger partial charge >= 0.3 is 37.6 Å². The van der Waals surface area contributed by atoms with Crippen molar-refractivity contribution >= 4 is 23.3 Å². The van der Waals surface area contributed by atoms with Gasteiger partial charge in [0.15, 0.2) is 0 Å². The molecule has 34 valence electrons. The first-order chi connectivity index (χ1) is 2.00. The molecule has 0 aromatic carbocycles. The summed E-state index contributed by atoms with van der Waals surface area (Å²) < 4.78 is 9.33. The van der Waals surface area contributed by atoms with Crippen LogP contribution in [0.2, 0.25) is 0 Å². The Morgan fingerprint density at radius 3 is 1.50 bits per heavy atom. The second-order valence-corrected chi connectivity index (χ2v) is 2.51. The van der Waals surface area contributed by atoms with Gasteiger partial charge in [-0.05, 0) is 0 Å². The fourth-order valence-electron chi connectivity index (χ4n) is 0. The van der Waals surface area contributed by atoms with E-state index in [-0.39, 0.29) is 6.15 Å². The third kappa shape index (κ3) is 129. The molecular weight excluding hydrogens is 99.9 g/mol. The molecule has 0 rings (SSSR count). The van der Waals surface area contributed by atoms with E-state index in [0.717, 1.165) is 17.2 Å². The first-order valence-corrected chi connectivity index (χ1v) is 3.09. The summed E-state index contributed by atoms with van der Waals surface area (Å²) in [6.45, 7) is 0. The average molecular weight is 105 g/mol. The van der Waals surface area contributed by atoms with Gasteiger partial charge in [-0.25, -0.2) is 0 Å². The molecule has 0 unspecified atom stereocenters. The van der Waals surface area contributed by atoms with E-state index in [4.69, 9.17) is 9.79 Å². The molecule has 0 heterocycles. The summed E-state index contributed by atoms with van der Waals surface area (Å²) in [5, 5.41) is 0. The second-order valence-electron chi connectivity index (χ2n) is 0.835. The topological polar surface area (TPSA) is 92.5 Å². The quantitative estimate of drug-likeness (QED) is 0.283. The van der Waals surface area contributed by atoms with Crippen LogP contribution in [0.5, 0.6) is 0 Å². The minimum absolute atomic E-state index is 0. The zero-order valence-electron chi connectivity index (χ0n) is 3.46. The first-order valence-electron chi connectivity index (χ1n) is 1.03. The molecule has 0 aliphatic heterocycles. The predicted molar refractivity (Wildman–Crippen MR) is 22.8 cm³/mol. The van der Waals surface area contributed by atoms with Gasteiger partial charge in [0, 0.05) is 0 Å². The van der Waals surface area contributed by atoms with E-state index >= 15 is 0 Å². The van der Waals surface area contributed by atoms with E-state index in [9.17, 15) is 4.57 Å². The number of rotatable bonds is 0. The van der Waals surface area contributed by atoms with Crippen molar-refractivity contribution in [2.75, 3.05) is 0 Å². The van der Waals surface area contributed by atoms with Crippen molar-refractivity contribution in [3.05, 3.63) is 0 Å². The maximum atomic E-state index is 9.33. The molecule has 5 N–H and O–H groups in total. The van der Waals surface area contributed by atoms with E-state index in [1.165, 1.54) is 0 Å². The normalized spacial score (nSPS) is 10.0. The van der Waals surface area contributed by atoms with Gasteiger partial charge in [-0.2, -0.15) is 0 Å². The Bertz CT molecular complexity index is 56.9. The molecule has 0 aromatic rings. The van der Waals surface area contributed by atoms with E-state index in [1.54, 1.807) is 0 Å². The van der Waals surface area contributed by atoms with Gasteiger partial charge in [-0.3, -0.25) is 0 Å². The summed E-state index contributed by atoms with van der Waals surface area (Å²) in [5.74, 6) is 0. The van der Waals surface area contributed by atoms with Crippen LogP contribution in [-0.2, 0) is 4.57 Å². The van der Waals surface area contributed by atoms with Crippen LogP contribution in [-0.4, -0.2) is 27.0 Å². The fraction of sp³-hybridized carbons (Fsp3) is 0. The summed E-state index contributed by atoms with van der Waals surface area (Å²) in [5.41, 5.74) is 0. The molecule has 0 aliphatic carbocycles. The molecule has 0 saturated carbocycles. The Labute approximate surface area is 44.4 Å². The Balaban J connectivity index is 0. The summed E-state index contributed by atoms with van der Waals surface area (Å²) in [4.78, 5) is 15.3. The molecule has 0 radical (unpaired) electrons. The zero-order chi connectivity index (χ0) is 4.50. The first kappa shape index (κ1) is 9.86. The minimum atomic E-state index is -3.64. The van der Waals surface area contributed by atoms with Crippen molar-refractivity contribution in [2.24, 2.45) is 0 Å². The second kappa shape index (κ2) is 2.81. The molecule has 4 nitrogen and oxygen atoms in total. The van der Waals surface area contributed by atoms with Gasteiger partial charge < -0.3 is 6.15 Å². The molecule has 0 aromatic heterocycles. The molecule has 0 fully saturated rings. The van der Waals surface area contributed by atoms with Crippen LogP contribution in [0.4, 0.5) is 0 Å². The standard InChI is InChI=1S/Li.H3N.HO3P/c;;1-4(2)3/h;1H3;(H-,1,2,3)/q-1;;/p+1. The van der Waals surface area contributed by atoms with Crippen molar-refractivity contribution < 1.29 is 14.4 Å². The van der Waals surface area contributed by atoms with Crippen LogP contribution in [0.1, 0.15) is 0 Å². The van der Waals surface area contributed by atoms with Crippen molar-refractivity contribution in [3.63, 3.8) is 0 Å². The van der Waals surface area contributed by atoms with Crippen molar-refractivity contribution in [3.8, 4) is 0 Å². The molecule has 6 heavy (non-hydrogen) atoms. The third-order valence-electron chi connectivity index (χ3n) is 0. The number of hydrogen-bond acceptors (Lipinski definition) is 2. The van der Waals surface area contributed by atoms with E-state index < -0.39 is 6.02 Å². The Kier molecular flexibility index (Phi) is 4.62. The van der Waals surface area contributed by atoms with Crippen LogP contribution in [0.25, 0.3) is 0 Å². The molecule has 0 atom stereocenters. The molecule has 0 spiro atoms. The van der Waals surface area contributed by atoms with Gasteiger partial charge in [-0.1, -0.05) is 0 Å². The monoisotopic (exact) mass is 105 g/mol. The van der Waals surface area contributed by atoms with Crippen LogP contribution >= 0.6 is 6.02 Å². The average Bonchev–Trinajstić information content (AvgIpc) is 0.722. The molecule has 0 bridgehead atoms. The van der Waals surface area contributed by atoms with Gasteiger partial charge in [0.05, 0.1) is 0 Å². The molecule has 0 aliphatic rings. The Morgan fingerprint density at radius 1 is 1.50 bits per heavy atom. The van der Waals surface area contributed by atoms with Crippen molar-refractivity contribution in [2.45, 2.75) is 0 Å². The van der Waals surface area contributed by atoms with Crippen LogP contribution in [0.15, 0.2) is 0 Å². The zero-order valence-corrected chi connectivity index (χ0v) is 4.35. The van der Waals surface area contributed by atoms with Gasteiger partial charge in [-0.15, -0.1) is 0 Å². The van der Waals surface area contributed by atoms with Gasteiger partial charge in [0.1, 0.15) is 0 Å². The summed E-state index contributed by atoms with van der Waals surface area (Å²) in [6, 6.07) is -3.64. The number of hydrogen-bond donors (Lipinski definition) is 3. The van der Waals surface area contributed by atoms with E-state index in [2.05, 4.69) is 0 Å². The van der Waals surface area contributed by atoms with Gasteiger partial charge in [0.25, 0.3) is 0 Å². The van der Waals surface area contributed by atoms with Crippen molar-refractivity contribution in [1.29, 1.82) is 0 Å². The summed E-state index contributed by atoms with van der Waals surface area (Å²) in [6.07, 6.45) is 0. The van der Waals surface area contributed by atoms with Crippen LogP contribution < -0.4 is 6.15 Å². The Hall–Kier alpha value is 0.707. The molecule has 6 heteroatoms. The van der Waals surface area contributed by atoms with Gasteiger partial charge in [0.2, 0.25) is 0 Å². The molecule has 0 saturated heterocycles.